The van der Waals surface area contributed by atoms with E-state index in [-0.39, 0.29) is 34.3 Å². The molecule has 2 heterocycles. The van der Waals surface area contributed by atoms with Crippen molar-refractivity contribution in [2.75, 3.05) is 0 Å². The Morgan fingerprint density at radius 1 is 1.19 bits per heavy atom. The van der Waals surface area contributed by atoms with Gasteiger partial charge in [-0.15, -0.1) is 0 Å². The van der Waals surface area contributed by atoms with Crippen LogP contribution in [0.25, 0.3) is 0 Å². The van der Waals surface area contributed by atoms with E-state index in [9.17, 15) is 27.2 Å². The van der Waals surface area contributed by atoms with E-state index in [1.165, 1.54) is 12.1 Å². The van der Waals surface area contributed by atoms with E-state index in [0.29, 0.717) is 11.9 Å². The predicted molar refractivity (Wildman–Crippen MR) is 124 cm³/mol. The van der Waals surface area contributed by atoms with Gasteiger partial charge in [0.1, 0.15) is 11.6 Å². The Hall–Kier alpha value is -3.66. The highest BCUT2D eigenvalue weighted by molar-refractivity contribution is 6.31. The monoisotopic (exact) mass is 555 g/mol. The van der Waals surface area contributed by atoms with Gasteiger partial charge >= 0.3 is 6.18 Å². The molecule has 0 saturated carbocycles. The van der Waals surface area contributed by atoms with Gasteiger partial charge in [0.25, 0.3) is 5.56 Å². The molecule has 2 N–H and O–H groups in total. The lowest BCUT2D eigenvalue weighted by atomic mass is 9.90. The average Bonchev–Trinajstić information content (AvgIpc) is 2.82. The lowest BCUT2D eigenvalue weighted by Gasteiger charge is -2.31. The Balaban J connectivity index is 1.66. The Bertz CT molecular complexity index is 1470. The molecule has 0 bridgehead atoms. The summed E-state index contributed by atoms with van der Waals surface area (Å²) in [6, 6.07) is 8.25. The number of nitriles is 1. The van der Waals surface area contributed by atoms with Gasteiger partial charge in [-0.2, -0.15) is 18.4 Å². The molecular formula is C23H15Cl2F4N5O3. The Morgan fingerprint density at radius 3 is 2.62 bits per heavy atom. The summed E-state index contributed by atoms with van der Waals surface area (Å²) >= 11 is 12.0. The lowest BCUT2D eigenvalue weighted by molar-refractivity contribution is -0.142. The zero-order valence-corrected chi connectivity index (χ0v) is 20.0. The van der Waals surface area contributed by atoms with Crippen molar-refractivity contribution in [2.45, 2.75) is 31.1 Å². The fourth-order valence-corrected chi connectivity index (χ4v) is 4.34. The highest BCUT2D eigenvalue weighted by Gasteiger charge is 2.39. The first-order valence-electron chi connectivity index (χ1n) is 10.5. The number of hydrazine groups is 1. The molecule has 192 valence electrons. The number of rotatable bonds is 5. The first-order chi connectivity index (χ1) is 17.5. The molecule has 1 fully saturated rings. The van der Waals surface area contributed by atoms with Gasteiger partial charge in [0.15, 0.2) is 5.69 Å². The second-order valence-electron chi connectivity index (χ2n) is 8.05. The molecule has 0 aliphatic carbocycles. The summed E-state index contributed by atoms with van der Waals surface area (Å²) in [5.41, 5.74) is 2.77. The molecule has 1 aliphatic heterocycles. The molecule has 1 saturated heterocycles. The van der Waals surface area contributed by atoms with Crippen molar-refractivity contribution in [1.29, 1.82) is 5.26 Å². The minimum atomic E-state index is -5.02. The number of nitrogens with one attached hydrogen (secondary N) is 2. The highest BCUT2D eigenvalue weighted by atomic mass is 35.5. The van der Waals surface area contributed by atoms with Crippen LogP contribution in [0.3, 0.4) is 0 Å². The zero-order chi connectivity index (χ0) is 26.9. The van der Waals surface area contributed by atoms with Crippen molar-refractivity contribution in [3.8, 4) is 17.6 Å². The van der Waals surface area contributed by atoms with E-state index in [0.717, 1.165) is 28.8 Å². The van der Waals surface area contributed by atoms with Crippen LogP contribution in [-0.2, 0) is 17.5 Å². The van der Waals surface area contributed by atoms with Crippen molar-refractivity contribution in [3.63, 3.8) is 0 Å². The van der Waals surface area contributed by atoms with Gasteiger partial charge in [0.2, 0.25) is 11.7 Å². The number of carbonyl (C=O) groups excluding carboxylic acids is 1. The third-order valence-corrected chi connectivity index (χ3v) is 6.02. The lowest BCUT2D eigenvalue weighted by Crippen LogP contribution is -2.54. The number of halogens is 6. The van der Waals surface area contributed by atoms with E-state index in [2.05, 4.69) is 15.8 Å². The van der Waals surface area contributed by atoms with Gasteiger partial charge in [-0.3, -0.25) is 19.6 Å². The molecule has 14 heteroatoms. The maximum Gasteiger partial charge on any atom is 0.437 e. The molecule has 1 aromatic heterocycles. The van der Waals surface area contributed by atoms with Gasteiger partial charge in [-0.1, -0.05) is 29.3 Å². The third-order valence-electron chi connectivity index (χ3n) is 5.48. The van der Waals surface area contributed by atoms with Gasteiger partial charge in [-0.25, -0.2) is 14.8 Å². The molecule has 0 radical (unpaired) electrons. The molecular weight excluding hydrogens is 541 g/mol. The first-order valence-corrected chi connectivity index (χ1v) is 11.3. The summed E-state index contributed by atoms with van der Waals surface area (Å²) in [6.07, 6.45) is -4.22. The van der Waals surface area contributed by atoms with Crippen LogP contribution in [0, 0.1) is 17.1 Å². The molecule has 3 aromatic rings. The van der Waals surface area contributed by atoms with Gasteiger partial charge < -0.3 is 4.74 Å². The zero-order valence-electron chi connectivity index (χ0n) is 18.4. The topological polar surface area (TPSA) is 109 Å². The number of carbonyl (C=O) groups is 1. The van der Waals surface area contributed by atoms with Crippen LogP contribution in [-0.4, -0.2) is 21.5 Å². The van der Waals surface area contributed by atoms with Crippen molar-refractivity contribution < 1.29 is 27.1 Å². The van der Waals surface area contributed by atoms with Gasteiger partial charge in [0, 0.05) is 22.6 Å². The Morgan fingerprint density at radius 2 is 1.95 bits per heavy atom. The summed E-state index contributed by atoms with van der Waals surface area (Å²) in [5, 5.41) is 9.13. The minimum Gasteiger partial charge on any atom is -0.449 e. The standard InChI is InChI=1S/C23H15Cl2F4N5O3/c24-12-3-11(8-30)4-15(5-12)37-19-20(23(27,28)29)31-10-34(22(19)36)9-14-7-17(21(35)33-32-14)16-2-1-13(26)6-18(16)25/h1-6,10,14,17,32H,7,9H2,(H,33,35). The van der Waals surface area contributed by atoms with E-state index < -0.39 is 46.9 Å². The molecule has 4 rings (SSSR count). The minimum absolute atomic E-state index is 0.00733. The van der Waals surface area contributed by atoms with E-state index in [4.69, 9.17) is 33.2 Å². The Labute approximate surface area is 216 Å². The fraction of sp³-hybridized carbons (Fsp3) is 0.217. The second-order valence-corrected chi connectivity index (χ2v) is 8.90. The number of aromatic nitrogens is 2. The predicted octanol–water partition coefficient (Wildman–Crippen LogP) is 4.55. The van der Waals surface area contributed by atoms with Crippen molar-refractivity contribution in [2.24, 2.45) is 0 Å². The van der Waals surface area contributed by atoms with Gasteiger partial charge in [0.05, 0.1) is 23.9 Å². The number of benzene rings is 2. The summed E-state index contributed by atoms with van der Waals surface area (Å²) in [6.45, 7) is -0.213. The maximum absolute atomic E-state index is 13.6. The molecule has 2 aromatic carbocycles. The van der Waals surface area contributed by atoms with Crippen LogP contribution in [0.1, 0.15) is 29.2 Å². The molecule has 2 unspecified atom stereocenters. The fourth-order valence-electron chi connectivity index (χ4n) is 3.82. The Kier molecular flexibility index (Phi) is 7.40. The molecule has 1 amide bonds. The normalized spacial score (nSPS) is 17.7. The number of nitrogens with zero attached hydrogens (tertiary/aromatic N) is 3. The van der Waals surface area contributed by atoms with Crippen LogP contribution in [0.15, 0.2) is 47.5 Å². The maximum atomic E-state index is 13.6. The summed E-state index contributed by atoms with van der Waals surface area (Å²) < 4.78 is 60.5. The number of amides is 1. The van der Waals surface area contributed by atoms with E-state index in [1.807, 2.05) is 0 Å². The summed E-state index contributed by atoms with van der Waals surface area (Å²) in [4.78, 5) is 28.9. The van der Waals surface area contributed by atoms with E-state index in [1.54, 1.807) is 6.07 Å². The number of hydrogen-bond acceptors (Lipinski definition) is 6. The quantitative estimate of drug-likeness (QED) is 0.447. The molecule has 8 nitrogen and oxygen atoms in total. The van der Waals surface area contributed by atoms with Crippen LogP contribution in [0.4, 0.5) is 17.6 Å². The van der Waals surface area contributed by atoms with E-state index >= 15 is 0 Å². The molecule has 1 aliphatic rings. The molecule has 37 heavy (non-hydrogen) atoms. The van der Waals surface area contributed by atoms with Crippen LogP contribution < -0.4 is 21.1 Å². The second kappa shape index (κ2) is 10.4. The van der Waals surface area contributed by atoms with Crippen molar-refractivity contribution in [3.05, 3.63) is 85.8 Å². The van der Waals surface area contributed by atoms with Crippen LogP contribution in [0.2, 0.25) is 10.0 Å². The molecule has 2 atom stereocenters. The number of hydrogen-bond donors (Lipinski definition) is 2. The average molecular weight is 556 g/mol. The summed E-state index contributed by atoms with van der Waals surface area (Å²) in [5.74, 6) is -3.24. The first kappa shape index (κ1) is 26.4. The van der Waals surface area contributed by atoms with Crippen molar-refractivity contribution in [1.82, 2.24) is 20.4 Å². The SMILES string of the molecule is N#Cc1cc(Cl)cc(Oc2c(C(F)(F)F)ncn(CC3CC(c4ccc(F)cc4Cl)C(=O)NN3)c2=O)c1. The number of ether oxygens (including phenoxy) is 1. The summed E-state index contributed by atoms with van der Waals surface area (Å²) in [7, 11) is 0. The van der Waals surface area contributed by atoms with Crippen molar-refractivity contribution >= 4 is 29.1 Å². The third kappa shape index (κ3) is 5.85. The van der Waals surface area contributed by atoms with Gasteiger partial charge in [-0.05, 0) is 42.3 Å². The highest BCUT2D eigenvalue weighted by Crippen LogP contribution is 2.35. The molecule has 0 spiro atoms. The smallest absolute Gasteiger partial charge is 0.437 e. The largest absolute Gasteiger partial charge is 0.449 e. The van der Waals surface area contributed by atoms with Crippen LogP contribution in [0.5, 0.6) is 11.5 Å². The van der Waals surface area contributed by atoms with Crippen LogP contribution >= 0.6 is 23.2 Å². The number of alkyl halides is 3.